The Bertz CT molecular complexity index is 1040. The van der Waals surface area contributed by atoms with Crippen LogP contribution in [0.5, 0.6) is 0 Å². The van der Waals surface area contributed by atoms with Crippen LogP contribution in [0.2, 0.25) is 15.1 Å². The summed E-state index contributed by atoms with van der Waals surface area (Å²) in [6.07, 6.45) is 1.20. The molecule has 0 aliphatic carbocycles. The Labute approximate surface area is 174 Å². The molecule has 0 N–H and O–H groups in total. The zero-order valence-corrected chi connectivity index (χ0v) is 17.1. The van der Waals surface area contributed by atoms with E-state index in [9.17, 15) is 22.0 Å². The van der Waals surface area contributed by atoms with Gasteiger partial charge in [-0.25, -0.2) is 22.2 Å². The second-order valence-corrected chi connectivity index (χ2v) is 8.96. The predicted molar refractivity (Wildman–Crippen MR) is 100 cm³/mol. The molecular formula is C16H12Cl3F2N3O3S. The summed E-state index contributed by atoms with van der Waals surface area (Å²) < 4.78 is 52.7. The molecule has 0 atom stereocenters. The van der Waals surface area contributed by atoms with E-state index in [1.807, 2.05) is 0 Å². The van der Waals surface area contributed by atoms with Crippen molar-refractivity contribution in [1.29, 1.82) is 0 Å². The number of aromatic nitrogens is 1. The van der Waals surface area contributed by atoms with Crippen LogP contribution in [0.15, 0.2) is 29.3 Å². The van der Waals surface area contributed by atoms with Gasteiger partial charge in [0.05, 0.1) is 20.0 Å². The van der Waals surface area contributed by atoms with Crippen LogP contribution in [-0.2, 0) is 10.0 Å². The minimum Gasteiger partial charge on any atom is -0.335 e. The summed E-state index contributed by atoms with van der Waals surface area (Å²) >= 11 is 17.7. The molecule has 0 unspecified atom stereocenters. The van der Waals surface area contributed by atoms with E-state index >= 15 is 0 Å². The first-order valence-corrected chi connectivity index (χ1v) is 10.4. The summed E-state index contributed by atoms with van der Waals surface area (Å²) in [5.41, 5.74) is -0.0898. The van der Waals surface area contributed by atoms with Gasteiger partial charge in [0, 0.05) is 32.4 Å². The fourth-order valence-corrected chi connectivity index (χ4v) is 4.66. The molecule has 1 amide bonds. The number of halogens is 5. The Hall–Kier alpha value is -1.52. The Morgan fingerprint density at radius 2 is 1.64 bits per heavy atom. The van der Waals surface area contributed by atoms with Crippen molar-refractivity contribution in [2.24, 2.45) is 0 Å². The number of hydrogen-bond acceptors (Lipinski definition) is 4. The van der Waals surface area contributed by atoms with Gasteiger partial charge in [0.2, 0.25) is 10.0 Å². The van der Waals surface area contributed by atoms with Gasteiger partial charge in [-0.05, 0) is 18.2 Å². The molecule has 0 radical (unpaired) electrons. The second kappa shape index (κ2) is 8.08. The largest absolute Gasteiger partial charge is 0.335 e. The maximum Gasteiger partial charge on any atom is 0.274 e. The Morgan fingerprint density at radius 1 is 1.00 bits per heavy atom. The molecule has 1 saturated heterocycles. The van der Waals surface area contributed by atoms with Gasteiger partial charge in [-0.3, -0.25) is 4.79 Å². The van der Waals surface area contributed by atoms with Crippen LogP contribution in [0.4, 0.5) is 8.78 Å². The highest BCUT2D eigenvalue weighted by atomic mass is 35.5. The van der Waals surface area contributed by atoms with Crippen LogP contribution in [0, 0.1) is 11.6 Å². The highest BCUT2D eigenvalue weighted by molar-refractivity contribution is 7.89. The van der Waals surface area contributed by atoms with Gasteiger partial charge < -0.3 is 4.90 Å². The molecule has 0 bridgehead atoms. The van der Waals surface area contributed by atoms with E-state index < -0.39 is 27.6 Å². The zero-order valence-electron chi connectivity index (χ0n) is 14.0. The lowest BCUT2D eigenvalue weighted by Gasteiger charge is -2.34. The number of piperazine rings is 1. The van der Waals surface area contributed by atoms with Crippen molar-refractivity contribution in [2.75, 3.05) is 26.2 Å². The van der Waals surface area contributed by atoms with Gasteiger partial charge >= 0.3 is 0 Å². The van der Waals surface area contributed by atoms with Gasteiger partial charge in [0.15, 0.2) is 11.6 Å². The van der Waals surface area contributed by atoms with E-state index in [4.69, 9.17) is 34.8 Å². The summed E-state index contributed by atoms with van der Waals surface area (Å²) in [5.74, 6) is -2.91. The summed E-state index contributed by atoms with van der Waals surface area (Å²) in [6, 6.07) is 2.37. The molecule has 0 saturated carbocycles. The summed E-state index contributed by atoms with van der Waals surface area (Å²) in [4.78, 5) is 17.5. The third kappa shape index (κ3) is 3.95. The number of rotatable bonds is 3. The van der Waals surface area contributed by atoms with Crippen molar-refractivity contribution in [1.82, 2.24) is 14.2 Å². The van der Waals surface area contributed by atoms with E-state index in [-0.39, 0.29) is 51.8 Å². The van der Waals surface area contributed by atoms with Crippen LogP contribution in [0.25, 0.3) is 0 Å². The number of amides is 1. The number of carbonyl (C=O) groups is 1. The third-order valence-corrected chi connectivity index (χ3v) is 7.31. The molecule has 28 heavy (non-hydrogen) atoms. The van der Waals surface area contributed by atoms with Crippen molar-refractivity contribution < 1.29 is 22.0 Å². The highest BCUT2D eigenvalue weighted by Gasteiger charge is 2.32. The van der Waals surface area contributed by atoms with E-state index in [0.717, 1.165) is 16.4 Å². The van der Waals surface area contributed by atoms with E-state index in [2.05, 4.69) is 4.98 Å². The zero-order chi connectivity index (χ0) is 20.6. The van der Waals surface area contributed by atoms with Crippen LogP contribution < -0.4 is 0 Å². The first kappa shape index (κ1) is 21.2. The van der Waals surface area contributed by atoms with Crippen LogP contribution >= 0.6 is 34.8 Å². The average molecular weight is 471 g/mol. The first-order valence-electron chi connectivity index (χ1n) is 7.87. The van der Waals surface area contributed by atoms with Crippen LogP contribution in [0.1, 0.15) is 10.5 Å². The molecule has 150 valence electrons. The highest BCUT2D eigenvalue weighted by Crippen LogP contribution is 2.32. The van der Waals surface area contributed by atoms with Crippen LogP contribution in [-0.4, -0.2) is 54.7 Å². The molecule has 0 spiro atoms. The maximum atomic E-state index is 13.4. The van der Waals surface area contributed by atoms with Crippen molar-refractivity contribution in [3.05, 3.63) is 56.8 Å². The molecule has 1 aliphatic heterocycles. The number of pyridine rings is 1. The minimum atomic E-state index is -4.03. The first-order chi connectivity index (χ1) is 13.1. The van der Waals surface area contributed by atoms with Gasteiger partial charge in [-0.1, -0.05) is 34.8 Å². The van der Waals surface area contributed by atoms with Crippen LogP contribution in [0.3, 0.4) is 0 Å². The normalized spacial score (nSPS) is 15.7. The number of nitrogens with zero attached hydrogens (tertiary/aromatic N) is 3. The van der Waals surface area contributed by atoms with Gasteiger partial charge in [-0.2, -0.15) is 4.31 Å². The average Bonchev–Trinajstić information content (AvgIpc) is 2.68. The molecule has 1 aromatic carbocycles. The second-order valence-electron chi connectivity index (χ2n) is 5.85. The van der Waals surface area contributed by atoms with Crippen molar-refractivity contribution in [3.63, 3.8) is 0 Å². The Kier molecular flexibility index (Phi) is 6.11. The maximum absolute atomic E-state index is 13.4. The van der Waals surface area contributed by atoms with Crippen molar-refractivity contribution in [3.8, 4) is 0 Å². The van der Waals surface area contributed by atoms with Gasteiger partial charge in [0.1, 0.15) is 5.69 Å². The smallest absolute Gasteiger partial charge is 0.274 e. The summed E-state index contributed by atoms with van der Waals surface area (Å²) in [7, 11) is -4.03. The number of benzene rings is 1. The third-order valence-electron chi connectivity index (χ3n) is 4.17. The lowest BCUT2D eigenvalue weighted by Crippen LogP contribution is -2.50. The lowest BCUT2D eigenvalue weighted by atomic mass is 10.2. The monoisotopic (exact) mass is 469 g/mol. The van der Waals surface area contributed by atoms with Gasteiger partial charge in [-0.15, -0.1) is 0 Å². The molecule has 1 fully saturated rings. The molecule has 3 rings (SSSR count). The molecule has 1 aromatic heterocycles. The van der Waals surface area contributed by atoms with Crippen molar-refractivity contribution >= 4 is 50.7 Å². The fourth-order valence-electron chi connectivity index (χ4n) is 2.66. The predicted octanol–water partition coefficient (Wildman–Crippen LogP) is 3.47. The molecule has 1 aliphatic rings. The van der Waals surface area contributed by atoms with Gasteiger partial charge in [0.25, 0.3) is 5.91 Å². The number of hydrogen-bond donors (Lipinski definition) is 0. The summed E-state index contributed by atoms with van der Waals surface area (Å²) in [5, 5.41) is 0.0166. The topological polar surface area (TPSA) is 70.6 Å². The molecule has 12 heteroatoms. The van der Waals surface area contributed by atoms with E-state index in [1.165, 1.54) is 11.1 Å². The fraction of sp³-hybridized carbons (Fsp3) is 0.250. The number of sulfonamides is 1. The summed E-state index contributed by atoms with van der Waals surface area (Å²) in [6.45, 7) is 0.0397. The molecular weight excluding hydrogens is 459 g/mol. The standard InChI is InChI=1S/C16H12Cl3F2N3O3S/c17-10-8-22-15(14(19)13(10)18)16(25)23-3-5-24(6-4-23)28(26,27)9-1-2-11(20)12(21)7-9/h1-2,7-8H,3-6H2. The van der Waals surface area contributed by atoms with E-state index in [1.54, 1.807) is 0 Å². The number of carbonyl (C=O) groups excluding carboxylic acids is 1. The quantitative estimate of drug-likeness (QED) is 0.689. The Morgan fingerprint density at radius 3 is 2.25 bits per heavy atom. The molecule has 6 nitrogen and oxygen atoms in total. The lowest BCUT2D eigenvalue weighted by molar-refractivity contribution is 0.0692. The minimum absolute atomic E-state index is 0.00114. The molecule has 2 aromatic rings. The van der Waals surface area contributed by atoms with Crippen molar-refractivity contribution in [2.45, 2.75) is 4.90 Å². The Balaban J connectivity index is 1.74. The molecule has 2 heterocycles. The van der Waals surface area contributed by atoms with E-state index in [0.29, 0.717) is 6.07 Å². The SMILES string of the molecule is O=C(c1ncc(Cl)c(Cl)c1Cl)N1CCN(S(=O)(=O)c2ccc(F)c(F)c2)CC1.